The van der Waals surface area contributed by atoms with Crippen molar-refractivity contribution in [2.75, 3.05) is 13.1 Å². The first-order valence-corrected chi connectivity index (χ1v) is 7.70. The standard InChI is InChI=1S/C16H30N2O2/c1-6-8-17-16(18-9-7-2)10-12(3)13(19)11-15(4,5)14(16)20/h10,14,17-18,20H,6-9,11H2,1-5H3. The smallest absolute Gasteiger partial charge is 0.159 e. The van der Waals surface area contributed by atoms with E-state index in [0.29, 0.717) is 6.42 Å². The number of aliphatic hydroxyl groups excluding tert-OH is 1. The van der Waals surface area contributed by atoms with Crippen molar-refractivity contribution in [3.8, 4) is 0 Å². The van der Waals surface area contributed by atoms with Crippen molar-refractivity contribution in [2.24, 2.45) is 5.41 Å². The van der Waals surface area contributed by atoms with E-state index >= 15 is 0 Å². The van der Waals surface area contributed by atoms with Gasteiger partial charge in [0.2, 0.25) is 0 Å². The fourth-order valence-electron chi connectivity index (χ4n) is 2.79. The minimum absolute atomic E-state index is 0.118. The maximum Gasteiger partial charge on any atom is 0.159 e. The Balaban J connectivity index is 3.21. The van der Waals surface area contributed by atoms with Gasteiger partial charge in [-0.05, 0) is 44.5 Å². The van der Waals surface area contributed by atoms with Gasteiger partial charge in [-0.1, -0.05) is 27.7 Å². The normalized spacial score (nSPS) is 25.2. The van der Waals surface area contributed by atoms with Crippen LogP contribution >= 0.6 is 0 Å². The predicted molar refractivity (Wildman–Crippen MR) is 82.5 cm³/mol. The largest absolute Gasteiger partial charge is 0.389 e. The molecule has 0 fully saturated rings. The molecule has 4 nitrogen and oxygen atoms in total. The Morgan fingerprint density at radius 3 is 2.20 bits per heavy atom. The molecular formula is C16H30N2O2. The summed E-state index contributed by atoms with van der Waals surface area (Å²) in [5.74, 6) is 0.118. The van der Waals surface area contributed by atoms with E-state index in [-0.39, 0.29) is 5.78 Å². The zero-order valence-electron chi connectivity index (χ0n) is 13.5. The van der Waals surface area contributed by atoms with E-state index in [9.17, 15) is 9.90 Å². The van der Waals surface area contributed by atoms with Crippen molar-refractivity contribution in [2.45, 2.75) is 65.6 Å². The number of allylic oxidation sites excluding steroid dienone is 1. The monoisotopic (exact) mass is 282 g/mol. The molecule has 3 N–H and O–H groups in total. The molecule has 0 bridgehead atoms. The molecule has 1 aliphatic carbocycles. The number of hydrogen-bond acceptors (Lipinski definition) is 4. The lowest BCUT2D eigenvalue weighted by Gasteiger charge is -2.43. The summed E-state index contributed by atoms with van der Waals surface area (Å²) in [6, 6.07) is 0. The number of aliphatic hydroxyl groups is 1. The van der Waals surface area contributed by atoms with Gasteiger partial charge in [-0.2, -0.15) is 0 Å². The average molecular weight is 282 g/mol. The van der Waals surface area contributed by atoms with Crippen LogP contribution in [0.4, 0.5) is 0 Å². The topological polar surface area (TPSA) is 61.4 Å². The van der Waals surface area contributed by atoms with Gasteiger partial charge < -0.3 is 5.11 Å². The van der Waals surface area contributed by atoms with Crippen molar-refractivity contribution >= 4 is 5.78 Å². The minimum atomic E-state index is -0.717. The van der Waals surface area contributed by atoms with Crippen LogP contribution < -0.4 is 10.6 Å². The number of carbonyl (C=O) groups excluding carboxylic acids is 1. The van der Waals surface area contributed by atoms with Crippen LogP contribution in [0.2, 0.25) is 0 Å². The van der Waals surface area contributed by atoms with E-state index in [2.05, 4.69) is 24.5 Å². The summed E-state index contributed by atoms with van der Waals surface area (Å²) in [6.45, 7) is 11.5. The Morgan fingerprint density at radius 2 is 1.75 bits per heavy atom. The lowest BCUT2D eigenvalue weighted by molar-refractivity contribution is -0.119. The van der Waals surface area contributed by atoms with E-state index in [4.69, 9.17) is 0 Å². The van der Waals surface area contributed by atoms with Gasteiger partial charge in [-0.3, -0.25) is 15.4 Å². The maximum absolute atomic E-state index is 12.2. The molecule has 4 heteroatoms. The highest BCUT2D eigenvalue weighted by Crippen LogP contribution is 2.36. The van der Waals surface area contributed by atoms with Crippen molar-refractivity contribution in [1.82, 2.24) is 10.6 Å². The van der Waals surface area contributed by atoms with Crippen molar-refractivity contribution < 1.29 is 9.90 Å². The Bertz CT molecular complexity index is 367. The molecule has 1 unspecified atom stereocenters. The number of carbonyl (C=O) groups is 1. The summed E-state index contributed by atoms with van der Waals surface area (Å²) in [5, 5.41) is 17.7. The zero-order valence-corrected chi connectivity index (χ0v) is 13.5. The Labute approximate surface area is 123 Å². The first kappa shape index (κ1) is 17.3. The molecule has 1 atom stereocenters. The highest BCUT2D eigenvalue weighted by molar-refractivity contribution is 5.95. The molecule has 0 spiro atoms. The number of Topliss-reactive ketones (excluding diaryl/α,β-unsaturated/α-hetero) is 1. The van der Waals surface area contributed by atoms with Crippen LogP contribution in [0, 0.1) is 5.41 Å². The lowest BCUT2D eigenvalue weighted by atomic mass is 9.77. The van der Waals surface area contributed by atoms with Crippen molar-refractivity contribution in [3.05, 3.63) is 11.6 Å². The fraction of sp³-hybridized carbons (Fsp3) is 0.812. The second-order valence-corrected chi connectivity index (χ2v) is 6.54. The minimum Gasteiger partial charge on any atom is -0.389 e. The van der Waals surface area contributed by atoms with Crippen LogP contribution in [0.3, 0.4) is 0 Å². The summed E-state index contributed by atoms with van der Waals surface area (Å²) in [7, 11) is 0. The Kier molecular flexibility index (Phi) is 5.92. The molecule has 1 rings (SSSR count). The molecule has 20 heavy (non-hydrogen) atoms. The van der Waals surface area contributed by atoms with E-state index in [1.807, 2.05) is 26.8 Å². The number of hydrogen-bond donors (Lipinski definition) is 3. The van der Waals surface area contributed by atoms with Gasteiger partial charge in [-0.15, -0.1) is 0 Å². The first-order chi connectivity index (χ1) is 9.29. The highest BCUT2D eigenvalue weighted by Gasteiger charge is 2.47. The zero-order chi connectivity index (χ0) is 15.4. The predicted octanol–water partition coefficient (Wildman–Crippen LogP) is 1.99. The second kappa shape index (κ2) is 6.83. The second-order valence-electron chi connectivity index (χ2n) is 6.54. The average Bonchev–Trinajstić information content (AvgIpc) is 2.45. The molecule has 0 saturated heterocycles. The van der Waals surface area contributed by atoms with Gasteiger partial charge in [0.25, 0.3) is 0 Å². The van der Waals surface area contributed by atoms with Crippen molar-refractivity contribution in [1.29, 1.82) is 0 Å². The number of nitrogens with one attached hydrogen (secondary N) is 2. The molecule has 116 valence electrons. The van der Waals surface area contributed by atoms with Crippen LogP contribution in [0.25, 0.3) is 0 Å². The van der Waals surface area contributed by atoms with Gasteiger partial charge in [0.1, 0.15) is 5.66 Å². The third-order valence-electron chi connectivity index (χ3n) is 4.01. The third kappa shape index (κ3) is 3.68. The summed E-state index contributed by atoms with van der Waals surface area (Å²) in [4.78, 5) is 12.2. The van der Waals surface area contributed by atoms with E-state index in [0.717, 1.165) is 31.5 Å². The molecule has 0 aliphatic heterocycles. The molecule has 0 heterocycles. The third-order valence-corrected chi connectivity index (χ3v) is 4.01. The first-order valence-electron chi connectivity index (χ1n) is 7.70. The van der Waals surface area contributed by atoms with E-state index in [1.165, 1.54) is 0 Å². The van der Waals surface area contributed by atoms with Gasteiger partial charge in [-0.25, -0.2) is 0 Å². The number of ketones is 1. The molecule has 0 aromatic carbocycles. The fourth-order valence-corrected chi connectivity index (χ4v) is 2.79. The lowest BCUT2D eigenvalue weighted by Crippen LogP contribution is -2.66. The van der Waals surface area contributed by atoms with E-state index < -0.39 is 17.2 Å². The molecule has 0 amide bonds. The molecule has 0 radical (unpaired) electrons. The van der Waals surface area contributed by atoms with Crippen LogP contribution in [-0.4, -0.2) is 35.7 Å². The summed E-state index contributed by atoms with van der Waals surface area (Å²) >= 11 is 0. The number of rotatable bonds is 6. The Morgan fingerprint density at radius 1 is 1.25 bits per heavy atom. The molecular weight excluding hydrogens is 252 g/mol. The summed E-state index contributed by atoms with van der Waals surface area (Å²) < 4.78 is 0. The van der Waals surface area contributed by atoms with Gasteiger partial charge in [0.15, 0.2) is 5.78 Å². The SMILES string of the molecule is CCCNC1(NCCC)C=C(C)C(=O)CC(C)(C)C1O. The van der Waals surface area contributed by atoms with Crippen LogP contribution in [-0.2, 0) is 4.79 Å². The van der Waals surface area contributed by atoms with Gasteiger partial charge in [0, 0.05) is 11.8 Å². The van der Waals surface area contributed by atoms with Crippen LogP contribution in [0.15, 0.2) is 11.6 Å². The maximum atomic E-state index is 12.2. The summed E-state index contributed by atoms with van der Waals surface area (Å²) in [5.41, 5.74) is -0.458. The molecule has 0 saturated carbocycles. The Hall–Kier alpha value is -0.710. The molecule has 1 aliphatic rings. The van der Waals surface area contributed by atoms with Gasteiger partial charge >= 0.3 is 0 Å². The highest BCUT2D eigenvalue weighted by atomic mass is 16.3. The summed E-state index contributed by atoms with van der Waals surface area (Å²) in [6.07, 6.45) is 3.56. The van der Waals surface area contributed by atoms with Crippen LogP contribution in [0.1, 0.15) is 53.9 Å². The van der Waals surface area contributed by atoms with Gasteiger partial charge in [0.05, 0.1) is 6.10 Å². The van der Waals surface area contributed by atoms with E-state index in [1.54, 1.807) is 0 Å². The van der Waals surface area contributed by atoms with Crippen LogP contribution in [0.5, 0.6) is 0 Å². The molecule has 0 aromatic heterocycles. The van der Waals surface area contributed by atoms with Crippen molar-refractivity contribution in [3.63, 3.8) is 0 Å². The molecule has 0 aromatic rings. The quantitative estimate of drug-likeness (QED) is 0.652.